The zero-order valence-corrected chi connectivity index (χ0v) is 13.3. The van der Waals surface area contributed by atoms with Gasteiger partial charge in [0.15, 0.2) is 0 Å². The molecular weight excluding hydrogens is 258 g/mol. The fourth-order valence-electron chi connectivity index (χ4n) is 3.32. The van der Waals surface area contributed by atoms with Crippen LogP contribution in [0.15, 0.2) is 30.3 Å². The Hall–Kier alpha value is -1.37. The summed E-state index contributed by atoms with van der Waals surface area (Å²) in [4.78, 5) is 2.50. The van der Waals surface area contributed by atoms with Gasteiger partial charge in [-0.3, -0.25) is 10.2 Å². The van der Waals surface area contributed by atoms with Crippen molar-refractivity contribution in [2.24, 2.45) is 0 Å². The van der Waals surface area contributed by atoms with Crippen LogP contribution in [0.5, 0.6) is 0 Å². The molecule has 21 heavy (non-hydrogen) atoms. The lowest BCUT2D eigenvalue weighted by atomic mass is 9.90. The molecule has 0 aliphatic carbocycles. The third kappa shape index (κ3) is 3.64. The Morgan fingerprint density at radius 3 is 2.71 bits per heavy atom. The Morgan fingerprint density at radius 1 is 1.33 bits per heavy atom. The van der Waals surface area contributed by atoms with E-state index in [-0.39, 0.29) is 0 Å². The minimum atomic E-state index is -0.588. The third-order valence-corrected chi connectivity index (χ3v) is 4.54. The molecule has 0 bridgehead atoms. The summed E-state index contributed by atoms with van der Waals surface area (Å²) in [6.07, 6.45) is 4.72. The van der Waals surface area contributed by atoms with E-state index >= 15 is 0 Å². The number of likely N-dealkylation sites (tertiary alicyclic amines) is 1. The number of benzene rings is 1. The average Bonchev–Trinajstić information content (AvgIpc) is 2.99. The van der Waals surface area contributed by atoms with Gasteiger partial charge in [0.05, 0.1) is 6.07 Å². The molecule has 1 fully saturated rings. The van der Waals surface area contributed by atoms with E-state index in [0.717, 1.165) is 31.6 Å². The van der Waals surface area contributed by atoms with Crippen molar-refractivity contribution in [1.82, 2.24) is 10.2 Å². The second-order valence-corrected chi connectivity index (χ2v) is 5.98. The summed E-state index contributed by atoms with van der Waals surface area (Å²) in [5.74, 6) is 0. The number of nitrogens with one attached hydrogen (secondary N) is 1. The summed E-state index contributed by atoms with van der Waals surface area (Å²) in [7, 11) is 0. The average molecular weight is 285 g/mol. The second-order valence-electron chi connectivity index (χ2n) is 5.98. The molecule has 2 atom stereocenters. The molecule has 2 unspecified atom stereocenters. The van der Waals surface area contributed by atoms with Crippen molar-refractivity contribution in [3.8, 4) is 6.07 Å². The highest BCUT2D eigenvalue weighted by Crippen LogP contribution is 2.27. The van der Waals surface area contributed by atoms with Crippen LogP contribution in [0.4, 0.5) is 0 Å². The molecule has 3 heteroatoms. The van der Waals surface area contributed by atoms with Crippen LogP contribution in [0.25, 0.3) is 0 Å². The lowest BCUT2D eigenvalue weighted by Crippen LogP contribution is -2.51. The van der Waals surface area contributed by atoms with Gasteiger partial charge in [-0.15, -0.1) is 0 Å². The first-order valence-electron chi connectivity index (χ1n) is 8.21. The maximum absolute atomic E-state index is 9.94. The quantitative estimate of drug-likeness (QED) is 0.835. The van der Waals surface area contributed by atoms with E-state index in [4.69, 9.17) is 0 Å². The number of rotatable bonds is 7. The largest absolute Gasteiger partial charge is 0.297 e. The molecule has 0 spiro atoms. The van der Waals surface area contributed by atoms with Gasteiger partial charge in [-0.25, -0.2) is 0 Å². The summed E-state index contributed by atoms with van der Waals surface area (Å²) in [6, 6.07) is 13.4. The Labute approximate surface area is 129 Å². The van der Waals surface area contributed by atoms with Crippen molar-refractivity contribution in [2.45, 2.75) is 51.1 Å². The van der Waals surface area contributed by atoms with Gasteiger partial charge >= 0.3 is 0 Å². The van der Waals surface area contributed by atoms with Crippen LogP contribution in [0.1, 0.15) is 45.1 Å². The van der Waals surface area contributed by atoms with Crippen molar-refractivity contribution in [3.63, 3.8) is 0 Å². The molecule has 0 aromatic heterocycles. The fraction of sp³-hybridized carbons (Fsp3) is 0.611. The molecule has 1 saturated heterocycles. The Bertz CT molecular complexity index is 465. The standard InChI is InChI=1S/C18H27N3/c1-3-12-20-18(14-19,16-9-6-5-7-10-16)15-21-13-8-11-17(21)4-2/h5-7,9-10,17,20H,3-4,8,11-13,15H2,1-2H3. The minimum Gasteiger partial charge on any atom is -0.297 e. The zero-order chi connectivity index (χ0) is 15.1. The number of nitrogens with zero attached hydrogens (tertiary/aromatic N) is 2. The SMILES string of the molecule is CCCNC(C#N)(CN1CCCC1CC)c1ccccc1. The molecule has 3 nitrogen and oxygen atoms in total. The Kier molecular flexibility index (Phi) is 5.78. The van der Waals surface area contributed by atoms with Crippen molar-refractivity contribution in [3.05, 3.63) is 35.9 Å². The lowest BCUT2D eigenvalue weighted by molar-refractivity contribution is 0.192. The van der Waals surface area contributed by atoms with Crippen molar-refractivity contribution in [2.75, 3.05) is 19.6 Å². The summed E-state index contributed by atoms with van der Waals surface area (Å²) < 4.78 is 0. The van der Waals surface area contributed by atoms with Crippen molar-refractivity contribution >= 4 is 0 Å². The van der Waals surface area contributed by atoms with Gasteiger partial charge in [-0.1, -0.05) is 44.2 Å². The first-order valence-corrected chi connectivity index (χ1v) is 8.21. The van der Waals surface area contributed by atoms with E-state index in [1.807, 2.05) is 18.2 Å². The van der Waals surface area contributed by atoms with Crippen LogP contribution in [0.3, 0.4) is 0 Å². The maximum atomic E-state index is 9.94. The van der Waals surface area contributed by atoms with Crippen molar-refractivity contribution < 1.29 is 0 Å². The highest BCUT2D eigenvalue weighted by atomic mass is 15.2. The van der Waals surface area contributed by atoms with Crippen LogP contribution in [-0.4, -0.2) is 30.6 Å². The van der Waals surface area contributed by atoms with Gasteiger partial charge in [0.25, 0.3) is 0 Å². The molecule has 2 rings (SSSR count). The number of nitriles is 1. The predicted octanol–water partition coefficient (Wildman–Crippen LogP) is 3.28. The smallest absolute Gasteiger partial charge is 0.145 e. The monoisotopic (exact) mass is 285 g/mol. The first kappa shape index (κ1) is 16.0. The van der Waals surface area contributed by atoms with Crippen LogP contribution in [0.2, 0.25) is 0 Å². The fourth-order valence-corrected chi connectivity index (χ4v) is 3.32. The minimum absolute atomic E-state index is 0.588. The molecule has 1 N–H and O–H groups in total. The van der Waals surface area contributed by atoms with Gasteiger partial charge in [0.1, 0.15) is 5.54 Å². The number of hydrogen-bond donors (Lipinski definition) is 1. The molecule has 1 heterocycles. The highest BCUT2D eigenvalue weighted by Gasteiger charge is 2.37. The third-order valence-electron chi connectivity index (χ3n) is 4.54. The molecule has 1 aromatic carbocycles. The topological polar surface area (TPSA) is 39.1 Å². The first-order chi connectivity index (χ1) is 10.3. The van der Waals surface area contributed by atoms with E-state index < -0.39 is 5.54 Å². The van der Waals surface area contributed by atoms with Crippen LogP contribution < -0.4 is 5.32 Å². The molecular formula is C18H27N3. The number of hydrogen-bond acceptors (Lipinski definition) is 3. The van der Waals surface area contributed by atoms with Gasteiger partial charge in [-0.2, -0.15) is 5.26 Å². The molecule has 1 aliphatic rings. The predicted molar refractivity (Wildman–Crippen MR) is 86.9 cm³/mol. The summed E-state index contributed by atoms with van der Waals surface area (Å²) >= 11 is 0. The molecule has 1 aliphatic heterocycles. The molecule has 114 valence electrons. The zero-order valence-electron chi connectivity index (χ0n) is 13.3. The molecule has 1 aromatic rings. The van der Waals surface area contributed by atoms with E-state index in [2.05, 4.69) is 42.3 Å². The van der Waals surface area contributed by atoms with Gasteiger partial charge in [0, 0.05) is 12.6 Å². The van der Waals surface area contributed by atoms with Crippen LogP contribution in [0, 0.1) is 11.3 Å². The highest BCUT2D eigenvalue weighted by molar-refractivity contribution is 5.32. The summed E-state index contributed by atoms with van der Waals surface area (Å²) in [5.41, 5.74) is 0.498. The Balaban J connectivity index is 2.25. The van der Waals surface area contributed by atoms with Crippen LogP contribution in [-0.2, 0) is 5.54 Å². The van der Waals surface area contributed by atoms with Crippen LogP contribution >= 0.6 is 0 Å². The lowest BCUT2D eigenvalue weighted by Gasteiger charge is -2.35. The van der Waals surface area contributed by atoms with E-state index in [0.29, 0.717) is 6.04 Å². The molecule has 0 radical (unpaired) electrons. The van der Waals surface area contributed by atoms with E-state index in [1.54, 1.807) is 0 Å². The van der Waals surface area contributed by atoms with E-state index in [9.17, 15) is 5.26 Å². The van der Waals surface area contributed by atoms with E-state index in [1.165, 1.54) is 19.3 Å². The van der Waals surface area contributed by atoms with Gasteiger partial charge in [-0.05, 0) is 44.3 Å². The molecule has 0 saturated carbocycles. The summed E-state index contributed by atoms with van der Waals surface area (Å²) in [5, 5.41) is 13.5. The Morgan fingerprint density at radius 2 is 2.10 bits per heavy atom. The van der Waals surface area contributed by atoms with Crippen molar-refractivity contribution in [1.29, 1.82) is 5.26 Å². The second kappa shape index (κ2) is 7.59. The maximum Gasteiger partial charge on any atom is 0.145 e. The summed E-state index contributed by atoms with van der Waals surface area (Å²) in [6.45, 7) is 7.16. The normalized spacial score (nSPS) is 21.9. The van der Waals surface area contributed by atoms with Gasteiger partial charge in [0.2, 0.25) is 0 Å². The molecule has 0 amide bonds. The van der Waals surface area contributed by atoms with Gasteiger partial charge < -0.3 is 0 Å².